The molecule has 5 rings (SSSR count). The molecule has 1 fully saturated rings. The van der Waals surface area contributed by atoms with E-state index in [9.17, 15) is 0 Å². The maximum absolute atomic E-state index is 15.7. The zero-order valence-electron chi connectivity index (χ0n) is 15.8. The molecule has 3 heterocycles. The first-order valence-electron chi connectivity index (χ1n) is 9.48. The first-order chi connectivity index (χ1) is 14.2. The van der Waals surface area contributed by atoms with E-state index in [1.165, 1.54) is 11.5 Å². The number of nitrogens with one attached hydrogen (secondary N) is 2. The van der Waals surface area contributed by atoms with Gasteiger partial charge in [-0.15, -0.1) is 0 Å². The van der Waals surface area contributed by atoms with Gasteiger partial charge in [0.15, 0.2) is 5.82 Å². The van der Waals surface area contributed by atoms with Gasteiger partial charge < -0.3 is 15.5 Å². The third kappa shape index (κ3) is 3.10. The summed E-state index contributed by atoms with van der Waals surface area (Å²) in [6.07, 6.45) is 0. The Balaban J connectivity index is 1.74. The fourth-order valence-electron chi connectivity index (χ4n) is 3.83. The highest BCUT2D eigenvalue weighted by Crippen LogP contribution is 2.42. The molecule has 1 aliphatic heterocycles. The molecule has 5 nitrogen and oxygen atoms in total. The number of halogens is 2. The Hall–Kier alpha value is -2.48. The van der Waals surface area contributed by atoms with Crippen molar-refractivity contribution >= 4 is 55.6 Å². The van der Waals surface area contributed by atoms with Crippen molar-refractivity contribution in [2.45, 2.75) is 0 Å². The molecular formula is C21H19ClFN5S. The Morgan fingerprint density at radius 3 is 2.76 bits per heavy atom. The van der Waals surface area contributed by atoms with E-state index in [0.29, 0.717) is 27.6 Å². The Labute approximate surface area is 176 Å². The molecule has 1 saturated heterocycles. The van der Waals surface area contributed by atoms with Crippen molar-refractivity contribution in [1.82, 2.24) is 14.7 Å². The van der Waals surface area contributed by atoms with Crippen LogP contribution in [0.4, 0.5) is 15.2 Å². The van der Waals surface area contributed by atoms with Gasteiger partial charge in [-0.25, -0.2) is 9.37 Å². The van der Waals surface area contributed by atoms with Crippen LogP contribution in [0.15, 0.2) is 36.4 Å². The van der Waals surface area contributed by atoms with E-state index < -0.39 is 5.82 Å². The number of hydrogen-bond donors (Lipinski definition) is 2. The topological polar surface area (TPSA) is 53.1 Å². The van der Waals surface area contributed by atoms with Gasteiger partial charge in [-0.2, -0.15) is 4.37 Å². The van der Waals surface area contributed by atoms with Crippen LogP contribution in [0.25, 0.3) is 32.9 Å². The molecule has 0 spiro atoms. The molecule has 148 valence electrons. The number of nitrogens with zero attached hydrogens (tertiary/aromatic N) is 3. The second-order valence-corrected chi connectivity index (χ2v) is 8.15. The average molecular weight is 428 g/mol. The highest BCUT2D eigenvalue weighted by atomic mass is 35.5. The van der Waals surface area contributed by atoms with Gasteiger partial charge in [0.1, 0.15) is 16.3 Å². The average Bonchev–Trinajstić information content (AvgIpc) is 3.18. The monoisotopic (exact) mass is 427 g/mol. The van der Waals surface area contributed by atoms with E-state index in [2.05, 4.69) is 24.9 Å². The third-order valence-corrected chi connectivity index (χ3v) is 6.51. The summed E-state index contributed by atoms with van der Waals surface area (Å²) in [6.45, 7) is 3.55. The fourth-order valence-corrected chi connectivity index (χ4v) is 5.02. The minimum absolute atomic E-state index is 0.296. The van der Waals surface area contributed by atoms with Crippen LogP contribution in [0.1, 0.15) is 0 Å². The molecule has 8 heteroatoms. The van der Waals surface area contributed by atoms with Crippen molar-refractivity contribution in [3.8, 4) is 11.3 Å². The van der Waals surface area contributed by atoms with Crippen molar-refractivity contribution < 1.29 is 4.39 Å². The van der Waals surface area contributed by atoms with Crippen LogP contribution in [0.5, 0.6) is 0 Å². The van der Waals surface area contributed by atoms with Crippen molar-refractivity contribution in [1.29, 1.82) is 0 Å². The van der Waals surface area contributed by atoms with E-state index in [1.54, 1.807) is 7.05 Å². The number of aromatic nitrogens is 2. The molecule has 0 bridgehead atoms. The highest BCUT2D eigenvalue weighted by molar-refractivity contribution is 7.11. The minimum atomic E-state index is -0.420. The first-order valence-corrected chi connectivity index (χ1v) is 10.6. The summed E-state index contributed by atoms with van der Waals surface area (Å²) < 4.78 is 20.2. The lowest BCUT2D eigenvalue weighted by molar-refractivity contribution is 0.592. The summed E-state index contributed by atoms with van der Waals surface area (Å²) in [6, 6.07) is 11.6. The number of pyridine rings is 1. The predicted molar refractivity (Wildman–Crippen MR) is 120 cm³/mol. The number of fused-ring (bicyclic) bond motifs is 2. The van der Waals surface area contributed by atoms with Crippen LogP contribution >= 0.6 is 23.1 Å². The molecule has 0 unspecified atom stereocenters. The minimum Gasteiger partial charge on any atom is -0.373 e. The van der Waals surface area contributed by atoms with Gasteiger partial charge in [0, 0.05) is 44.0 Å². The van der Waals surface area contributed by atoms with Crippen LogP contribution in [-0.4, -0.2) is 42.6 Å². The number of benzene rings is 2. The van der Waals surface area contributed by atoms with Crippen LogP contribution in [0, 0.1) is 5.82 Å². The number of anilines is 2. The normalized spacial score (nSPS) is 14.7. The molecule has 2 aromatic heterocycles. The lowest BCUT2D eigenvalue weighted by Crippen LogP contribution is -2.43. The number of hydrogen-bond acceptors (Lipinski definition) is 6. The van der Waals surface area contributed by atoms with Crippen molar-refractivity contribution in [2.24, 2.45) is 0 Å². The molecule has 0 radical (unpaired) electrons. The lowest BCUT2D eigenvalue weighted by atomic mass is 10.0. The third-order valence-electron chi connectivity index (χ3n) is 5.28. The van der Waals surface area contributed by atoms with Crippen LogP contribution in [0.2, 0.25) is 5.02 Å². The Morgan fingerprint density at radius 2 is 1.97 bits per heavy atom. The molecular weight excluding hydrogens is 409 g/mol. The Kier molecular flexibility index (Phi) is 4.73. The summed E-state index contributed by atoms with van der Waals surface area (Å²) in [5, 5.41) is 10.3. The van der Waals surface area contributed by atoms with E-state index in [1.807, 2.05) is 36.4 Å². The largest absolute Gasteiger partial charge is 0.373 e. The number of rotatable bonds is 3. The van der Waals surface area contributed by atoms with E-state index >= 15 is 4.39 Å². The van der Waals surface area contributed by atoms with Crippen LogP contribution < -0.4 is 15.5 Å². The van der Waals surface area contributed by atoms with Crippen molar-refractivity contribution in [2.75, 3.05) is 43.4 Å². The molecule has 29 heavy (non-hydrogen) atoms. The SMILES string of the molecule is CNc1cc2ccccc2c(-c2c(Cl)cc3c(N4CCNCC4)snc3c2F)n1. The summed E-state index contributed by atoms with van der Waals surface area (Å²) in [5.41, 5.74) is 1.17. The molecule has 2 N–H and O–H groups in total. The fraction of sp³-hybridized carbons (Fsp3) is 0.238. The maximum Gasteiger partial charge on any atom is 0.161 e. The lowest BCUT2D eigenvalue weighted by Gasteiger charge is -2.28. The van der Waals surface area contributed by atoms with Gasteiger partial charge in [-0.3, -0.25) is 0 Å². The van der Waals surface area contributed by atoms with E-state index in [4.69, 9.17) is 11.6 Å². The van der Waals surface area contributed by atoms with E-state index in [-0.39, 0.29) is 0 Å². The zero-order valence-corrected chi connectivity index (χ0v) is 17.4. The standard InChI is InChI=1S/C21H19ClFN5S/c1-24-16-10-12-4-2-3-5-13(12)19(26-16)17-15(22)11-14-20(18(17)23)27-29-21(14)28-8-6-25-7-9-28/h2-5,10-11,25H,6-9H2,1H3,(H,24,26). The molecule has 0 saturated carbocycles. The Morgan fingerprint density at radius 1 is 1.17 bits per heavy atom. The summed E-state index contributed by atoms with van der Waals surface area (Å²) in [5.74, 6) is 0.241. The summed E-state index contributed by atoms with van der Waals surface area (Å²) >= 11 is 7.98. The van der Waals surface area contributed by atoms with Gasteiger partial charge in [-0.1, -0.05) is 35.9 Å². The molecule has 4 aromatic rings. The maximum atomic E-state index is 15.7. The van der Waals surface area contributed by atoms with Gasteiger partial charge in [0.25, 0.3) is 0 Å². The van der Waals surface area contributed by atoms with Crippen LogP contribution in [-0.2, 0) is 0 Å². The summed E-state index contributed by atoms with van der Waals surface area (Å²) in [7, 11) is 1.79. The molecule has 2 aromatic carbocycles. The van der Waals surface area contributed by atoms with Crippen LogP contribution in [0.3, 0.4) is 0 Å². The highest BCUT2D eigenvalue weighted by Gasteiger charge is 2.24. The zero-order chi connectivity index (χ0) is 20.0. The second-order valence-electron chi connectivity index (χ2n) is 7.00. The molecule has 0 aliphatic carbocycles. The quantitative estimate of drug-likeness (QED) is 0.494. The van der Waals surface area contributed by atoms with Gasteiger partial charge in [0.05, 0.1) is 16.3 Å². The molecule has 0 atom stereocenters. The molecule has 0 amide bonds. The predicted octanol–water partition coefficient (Wildman–Crippen LogP) is 4.76. The number of piperazine rings is 1. The van der Waals surface area contributed by atoms with Gasteiger partial charge >= 0.3 is 0 Å². The smallest absolute Gasteiger partial charge is 0.161 e. The van der Waals surface area contributed by atoms with Crippen molar-refractivity contribution in [3.63, 3.8) is 0 Å². The summed E-state index contributed by atoms with van der Waals surface area (Å²) in [4.78, 5) is 6.87. The second kappa shape index (κ2) is 7.40. The first kappa shape index (κ1) is 18.5. The van der Waals surface area contributed by atoms with Gasteiger partial charge in [0.2, 0.25) is 0 Å². The van der Waals surface area contributed by atoms with Gasteiger partial charge in [-0.05, 0) is 29.1 Å². The van der Waals surface area contributed by atoms with E-state index in [0.717, 1.165) is 47.3 Å². The van der Waals surface area contributed by atoms with Crippen molar-refractivity contribution in [3.05, 3.63) is 47.2 Å². The molecule has 1 aliphatic rings. The Bertz CT molecular complexity index is 1220.